The highest BCUT2D eigenvalue weighted by Crippen LogP contribution is 2.45. The van der Waals surface area contributed by atoms with Crippen LogP contribution in [0.5, 0.6) is 0 Å². The quantitative estimate of drug-likeness (QED) is 0.178. The number of hydrogen-bond acceptors (Lipinski definition) is 2. The third-order valence-electron chi connectivity index (χ3n) is 9.98. The standard InChI is InChI=1S/C48H32N2O/c1-4-15-33(16-5-1)38-21-10-12-24-43(38)49(37-27-29-41-40-22-11-13-26-46(40)51-47(41)32-37)36-28-30-44-42(31-36)48-39(34-17-6-2-7-18-34)23-14-25-45(48)50(44)35-19-8-3-9-20-35/h1-32H. The van der Waals surface area contributed by atoms with Gasteiger partial charge in [-0.15, -0.1) is 0 Å². The lowest BCUT2D eigenvalue weighted by molar-refractivity contribution is 0.669. The number of anilines is 3. The van der Waals surface area contributed by atoms with Crippen molar-refractivity contribution in [1.82, 2.24) is 4.57 Å². The van der Waals surface area contributed by atoms with Gasteiger partial charge < -0.3 is 13.9 Å². The van der Waals surface area contributed by atoms with Crippen LogP contribution in [0.2, 0.25) is 0 Å². The molecular formula is C48H32N2O. The Hall–Kier alpha value is -6.84. The number of rotatable bonds is 6. The van der Waals surface area contributed by atoms with Gasteiger partial charge in [0.15, 0.2) is 0 Å². The topological polar surface area (TPSA) is 21.3 Å². The molecule has 3 nitrogen and oxygen atoms in total. The third-order valence-corrected chi connectivity index (χ3v) is 9.98. The first kappa shape index (κ1) is 29.1. The van der Waals surface area contributed by atoms with Gasteiger partial charge in [-0.2, -0.15) is 0 Å². The first-order valence-corrected chi connectivity index (χ1v) is 17.4. The van der Waals surface area contributed by atoms with E-state index in [9.17, 15) is 0 Å². The monoisotopic (exact) mass is 652 g/mol. The molecule has 10 aromatic rings. The molecule has 10 rings (SSSR count). The fourth-order valence-corrected chi connectivity index (χ4v) is 7.72. The third kappa shape index (κ3) is 4.82. The molecule has 0 spiro atoms. The smallest absolute Gasteiger partial charge is 0.137 e. The van der Waals surface area contributed by atoms with Gasteiger partial charge in [0.1, 0.15) is 11.2 Å². The molecule has 0 atom stereocenters. The molecule has 0 N–H and O–H groups in total. The molecule has 0 saturated carbocycles. The number of furan rings is 1. The molecule has 0 aliphatic carbocycles. The van der Waals surface area contributed by atoms with Gasteiger partial charge in [-0.1, -0.05) is 127 Å². The predicted octanol–water partition coefficient (Wildman–Crippen LogP) is 13.5. The number of para-hydroxylation sites is 3. The van der Waals surface area contributed by atoms with Crippen LogP contribution in [-0.4, -0.2) is 4.57 Å². The lowest BCUT2D eigenvalue weighted by Gasteiger charge is -2.28. The van der Waals surface area contributed by atoms with E-state index in [1.807, 2.05) is 12.1 Å². The van der Waals surface area contributed by atoms with Crippen molar-refractivity contribution in [2.45, 2.75) is 0 Å². The average Bonchev–Trinajstić information content (AvgIpc) is 3.74. The predicted molar refractivity (Wildman–Crippen MR) is 214 cm³/mol. The minimum atomic E-state index is 0.865. The van der Waals surface area contributed by atoms with Crippen LogP contribution >= 0.6 is 0 Å². The Labute approximate surface area is 295 Å². The molecule has 51 heavy (non-hydrogen) atoms. The molecule has 240 valence electrons. The van der Waals surface area contributed by atoms with E-state index in [0.717, 1.165) is 61.3 Å². The van der Waals surface area contributed by atoms with Gasteiger partial charge in [0.2, 0.25) is 0 Å². The zero-order valence-corrected chi connectivity index (χ0v) is 27.8. The molecule has 8 aromatic carbocycles. The summed E-state index contributed by atoms with van der Waals surface area (Å²) in [5, 5.41) is 4.66. The highest BCUT2D eigenvalue weighted by molar-refractivity contribution is 6.17. The van der Waals surface area contributed by atoms with Crippen LogP contribution < -0.4 is 4.90 Å². The first-order valence-electron chi connectivity index (χ1n) is 17.4. The van der Waals surface area contributed by atoms with E-state index in [1.165, 1.54) is 27.4 Å². The zero-order chi connectivity index (χ0) is 33.7. The highest BCUT2D eigenvalue weighted by atomic mass is 16.3. The average molecular weight is 653 g/mol. The van der Waals surface area contributed by atoms with Crippen LogP contribution in [0.4, 0.5) is 17.1 Å². The van der Waals surface area contributed by atoms with Crippen LogP contribution in [0.1, 0.15) is 0 Å². The second kappa shape index (κ2) is 11.9. The number of aromatic nitrogens is 1. The van der Waals surface area contributed by atoms with E-state index in [2.05, 4.69) is 191 Å². The van der Waals surface area contributed by atoms with Crippen molar-refractivity contribution in [1.29, 1.82) is 0 Å². The minimum Gasteiger partial charge on any atom is -0.456 e. The minimum absolute atomic E-state index is 0.865. The van der Waals surface area contributed by atoms with E-state index < -0.39 is 0 Å². The largest absolute Gasteiger partial charge is 0.456 e. The van der Waals surface area contributed by atoms with Crippen molar-refractivity contribution < 1.29 is 4.42 Å². The highest BCUT2D eigenvalue weighted by Gasteiger charge is 2.22. The summed E-state index contributed by atoms with van der Waals surface area (Å²) in [5.74, 6) is 0. The molecule has 0 unspecified atom stereocenters. The van der Waals surface area contributed by atoms with E-state index >= 15 is 0 Å². The summed E-state index contributed by atoms with van der Waals surface area (Å²) >= 11 is 0. The van der Waals surface area contributed by atoms with Crippen molar-refractivity contribution in [3.63, 3.8) is 0 Å². The van der Waals surface area contributed by atoms with E-state index in [1.54, 1.807) is 0 Å². The maximum Gasteiger partial charge on any atom is 0.137 e. The first-order chi connectivity index (χ1) is 25.3. The van der Waals surface area contributed by atoms with Gasteiger partial charge in [0.25, 0.3) is 0 Å². The van der Waals surface area contributed by atoms with E-state index in [0.29, 0.717) is 0 Å². The maximum atomic E-state index is 6.44. The van der Waals surface area contributed by atoms with Crippen LogP contribution in [0.25, 0.3) is 71.7 Å². The molecule has 0 aliphatic rings. The van der Waals surface area contributed by atoms with E-state index in [4.69, 9.17) is 4.42 Å². The molecule has 0 fully saturated rings. The second-order valence-corrected chi connectivity index (χ2v) is 12.9. The molecular weight excluding hydrogens is 621 g/mol. The van der Waals surface area contributed by atoms with Crippen molar-refractivity contribution in [2.75, 3.05) is 4.90 Å². The van der Waals surface area contributed by atoms with Crippen LogP contribution in [0.15, 0.2) is 199 Å². The summed E-state index contributed by atoms with van der Waals surface area (Å²) in [6.45, 7) is 0. The Balaban J connectivity index is 1.27. The number of fused-ring (bicyclic) bond motifs is 6. The summed E-state index contributed by atoms with van der Waals surface area (Å²) in [6, 6.07) is 69.2. The molecule has 0 saturated heterocycles. The van der Waals surface area contributed by atoms with Gasteiger partial charge in [0, 0.05) is 50.2 Å². The van der Waals surface area contributed by atoms with Gasteiger partial charge in [-0.25, -0.2) is 0 Å². The van der Waals surface area contributed by atoms with Crippen molar-refractivity contribution >= 4 is 60.8 Å². The lowest BCUT2D eigenvalue weighted by atomic mass is 9.98. The maximum absolute atomic E-state index is 6.44. The Bertz CT molecular complexity index is 2850. The SMILES string of the molecule is c1ccc(-c2ccccc2N(c2ccc3c(c2)oc2ccccc23)c2ccc3c(c2)c2c(-c4ccccc4)cccc2n3-c2ccccc2)cc1. The zero-order valence-electron chi connectivity index (χ0n) is 27.8. The van der Waals surface area contributed by atoms with Gasteiger partial charge in [-0.05, 0) is 77.4 Å². The molecule has 2 heterocycles. The Morgan fingerprint density at radius 3 is 1.80 bits per heavy atom. The van der Waals surface area contributed by atoms with Crippen molar-refractivity contribution in [3.05, 3.63) is 194 Å². The summed E-state index contributed by atoms with van der Waals surface area (Å²) in [7, 11) is 0. The summed E-state index contributed by atoms with van der Waals surface area (Å²) in [6.07, 6.45) is 0. The van der Waals surface area contributed by atoms with Crippen LogP contribution in [0.3, 0.4) is 0 Å². The van der Waals surface area contributed by atoms with Crippen molar-refractivity contribution in [2.24, 2.45) is 0 Å². The fraction of sp³-hybridized carbons (Fsp3) is 0. The molecule has 0 amide bonds. The summed E-state index contributed by atoms with van der Waals surface area (Å²) in [4.78, 5) is 2.38. The fourth-order valence-electron chi connectivity index (χ4n) is 7.72. The summed E-state index contributed by atoms with van der Waals surface area (Å²) < 4.78 is 8.84. The van der Waals surface area contributed by atoms with Crippen molar-refractivity contribution in [3.8, 4) is 27.9 Å². The lowest BCUT2D eigenvalue weighted by Crippen LogP contribution is -2.11. The van der Waals surface area contributed by atoms with Gasteiger partial charge in [-0.3, -0.25) is 0 Å². The Morgan fingerprint density at radius 1 is 0.392 bits per heavy atom. The molecule has 0 bridgehead atoms. The molecule has 3 heteroatoms. The number of nitrogens with zero attached hydrogens (tertiary/aromatic N) is 2. The summed E-state index contributed by atoms with van der Waals surface area (Å²) in [5.41, 5.74) is 13.1. The number of benzene rings is 8. The second-order valence-electron chi connectivity index (χ2n) is 12.9. The number of hydrogen-bond donors (Lipinski definition) is 0. The van der Waals surface area contributed by atoms with Crippen LogP contribution in [-0.2, 0) is 0 Å². The normalized spacial score (nSPS) is 11.5. The Morgan fingerprint density at radius 2 is 1.00 bits per heavy atom. The van der Waals surface area contributed by atoms with E-state index in [-0.39, 0.29) is 0 Å². The van der Waals surface area contributed by atoms with Gasteiger partial charge >= 0.3 is 0 Å². The van der Waals surface area contributed by atoms with Gasteiger partial charge in [0.05, 0.1) is 16.7 Å². The van der Waals surface area contributed by atoms with Crippen LogP contribution in [0, 0.1) is 0 Å². The molecule has 2 aromatic heterocycles. The molecule has 0 aliphatic heterocycles. The molecule has 0 radical (unpaired) electrons. The Kier molecular flexibility index (Phi) is 6.81.